The predicted octanol–water partition coefficient (Wildman–Crippen LogP) is -2.08. The normalized spacial score (nSPS) is 0. The molecule has 0 unspecified atom stereocenters. The fraction of sp³-hybridized carbons (Fsp3) is 0. The zero-order valence-corrected chi connectivity index (χ0v) is 27.5. The molecule has 0 N–H and O–H groups in total. The van der Waals surface area contributed by atoms with Gasteiger partial charge in [0, 0.05) is 0 Å². The van der Waals surface area contributed by atoms with Crippen molar-refractivity contribution in [1.82, 2.24) is 0 Å². The molecule has 0 amide bonds. The van der Waals surface area contributed by atoms with E-state index in [-0.39, 0.29) is 291 Å². The summed E-state index contributed by atoms with van der Waals surface area (Å²) in [4.78, 5) is 0. The Bertz CT molecular complexity index is 34.7. The van der Waals surface area contributed by atoms with E-state index in [9.17, 15) is 0 Å². The van der Waals surface area contributed by atoms with Crippen molar-refractivity contribution in [3.8, 4) is 0 Å². The van der Waals surface area contributed by atoms with Crippen LogP contribution in [-0.2, 0) is 129 Å². The van der Waals surface area contributed by atoms with Crippen LogP contribution in [0.2, 0.25) is 0 Å². The molecule has 0 aliphatic carbocycles. The van der Waals surface area contributed by atoms with Crippen molar-refractivity contribution in [3.63, 3.8) is 0 Å². The molecule has 4 radical (unpaired) electrons. The van der Waals surface area contributed by atoms with Crippen LogP contribution in [0.25, 0.3) is 0 Å². The Morgan fingerprint density at radius 2 is 0.263 bits per heavy atom. The van der Waals surface area contributed by atoms with E-state index in [4.69, 9.17) is 0 Å². The molecule has 0 fully saturated rings. The van der Waals surface area contributed by atoms with Crippen LogP contribution in [0.5, 0.6) is 0 Å². The molecule has 104 valence electrons. The van der Waals surface area contributed by atoms with E-state index < -0.39 is 0 Å². The summed E-state index contributed by atoms with van der Waals surface area (Å²) in [6, 6.07) is 0. The summed E-state index contributed by atoms with van der Waals surface area (Å²) in [5, 5.41) is 0. The summed E-state index contributed by atoms with van der Waals surface area (Å²) < 4.78 is 0. The van der Waals surface area contributed by atoms with Gasteiger partial charge < -0.3 is 60.2 Å². The number of hydrogen-bond donors (Lipinski definition) is 0. The fourth-order valence-corrected chi connectivity index (χ4v) is 0. The third-order valence-electron chi connectivity index (χ3n) is 0. The van der Waals surface area contributed by atoms with Crippen LogP contribution in [0.15, 0.2) is 0 Å². The Balaban J connectivity index is 0. The molecular weight excluding hydrogens is 845 g/mol. The summed E-state index contributed by atoms with van der Waals surface area (Å²) in [6.07, 6.45) is 0. The second-order valence-electron chi connectivity index (χ2n) is 0. The maximum atomic E-state index is 0. The van der Waals surface area contributed by atoms with Crippen molar-refractivity contribution in [2.24, 2.45) is 0 Å². The molecule has 0 heterocycles. The Hall–Kier alpha value is 7.01. The first-order valence-corrected chi connectivity index (χ1v) is 0. The van der Waals surface area contributed by atoms with Crippen molar-refractivity contribution in [2.75, 3.05) is 0 Å². The summed E-state index contributed by atoms with van der Waals surface area (Å²) in [6.45, 7) is 0. The molecule has 0 aromatic rings. The molecule has 19 heavy (non-hydrogen) atoms. The predicted molar refractivity (Wildman–Crippen MR) is 19.1 cm³/mol. The Morgan fingerprint density at radius 3 is 0.263 bits per heavy atom. The van der Waals surface area contributed by atoms with Gasteiger partial charge in [-0.05, 0) is 0 Å². The molecule has 0 bridgehead atoms. The first kappa shape index (κ1) is 331. The summed E-state index contributed by atoms with van der Waals surface area (Å²) >= 11 is 0. The summed E-state index contributed by atoms with van der Waals surface area (Å²) in [7, 11) is 0. The molecule has 11 nitrogen and oxygen atoms in total. The molecule has 0 saturated heterocycles. The van der Waals surface area contributed by atoms with Crippen LogP contribution in [0.1, 0.15) is 0 Å². The maximum Gasteiger partial charge on any atom is 3.00 e. The molecule has 0 aromatic carbocycles. The van der Waals surface area contributed by atoms with Crippen molar-refractivity contribution < 1.29 is 200 Å². The van der Waals surface area contributed by atoms with Crippen LogP contribution < -0.4 is 0 Å². The van der Waals surface area contributed by atoms with E-state index in [0.29, 0.717) is 0 Å². The zero-order chi connectivity index (χ0) is 0. The minimum absolute atomic E-state index is 0. The zero-order valence-electron chi connectivity index (χ0n) is 8.58. The van der Waals surface area contributed by atoms with Crippen molar-refractivity contribution in [3.05, 3.63) is 0 Å². The van der Waals surface area contributed by atoms with Crippen molar-refractivity contribution in [1.29, 1.82) is 0 Å². The third-order valence-corrected chi connectivity index (χ3v) is 0. The van der Waals surface area contributed by atoms with E-state index in [2.05, 4.69) is 0 Å². The maximum absolute atomic E-state index is 0. The fourth-order valence-electron chi connectivity index (χ4n) is 0. The van der Waals surface area contributed by atoms with E-state index in [1.807, 2.05) is 0 Å². The van der Waals surface area contributed by atoms with E-state index in [1.54, 1.807) is 0 Å². The van der Waals surface area contributed by atoms with Gasteiger partial charge in [-0.25, -0.2) is 0 Å². The average molecular weight is 845 g/mol. The summed E-state index contributed by atoms with van der Waals surface area (Å²) in [5.74, 6) is 0. The summed E-state index contributed by atoms with van der Waals surface area (Å²) in [5.41, 5.74) is 0. The van der Waals surface area contributed by atoms with Gasteiger partial charge in [-0.3, -0.25) is 0 Å². The first-order chi connectivity index (χ1) is 0. The average Bonchev–Trinajstić information content (AvgIpc) is 0. The Labute approximate surface area is 284 Å². The van der Waals surface area contributed by atoms with Gasteiger partial charge in [0.15, 0.2) is 0 Å². The molecule has 0 aromatic heterocycles. The minimum atomic E-state index is 0. The van der Waals surface area contributed by atoms with Crippen LogP contribution in [0.3, 0.4) is 0 Å². The van der Waals surface area contributed by atoms with Gasteiger partial charge >= 0.3 is 231 Å². The monoisotopic (exact) mass is 845 g/mol. The smallest absolute Gasteiger partial charge is 2.00 e. The van der Waals surface area contributed by atoms with Crippen LogP contribution >= 0.6 is 0 Å². The van der Waals surface area contributed by atoms with E-state index >= 15 is 0 Å². The minimum Gasteiger partial charge on any atom is -2.00 e. The standard InChI is InChI=1S/2Cr.2Fe.2La.11O.2Sr/q6*+3;11*-2;2*+2. The molecule has 0 aliphatic heterocycles. The molecule has 0 aliphatic rings. The number of hydrogen-bond acceptors (Lipinski definition) is 0. The van der Waals surface area contributed by atoms with Crippen LogP contribution in [0.4, 0.5) is 0 Å². The topological polar surface area (TPSA) is 314 Å². The van der Waals surface area contributed by atoms with Gasteiger partial charge in [0.1, 0.15) is 0 Å². The van der Waals surface area contributed by atoms with E-state index in [0.717, 1.165) is 0 Å². The van der Waals surface area contributed by atoms with E-state index in [1.165, 1.54) is 0 Å². The Morgan fingerprint density at radius 1 is 0.263 bits per heavy atom. The second-order valence-corrected chi connectivity index (χ2v) is 0. The van der Waals surface area contributed by atoms with Gasteiger partial charge in [0.25, 0.3) is 0 Å². The first-order valence-electron chi connectivity index (χ1n) is 0. The molecular formula is Cr2Fe2La2O11Sr2. The van der Waals surface area contributed by atoms with Gasteiger partial charge in [0.05, 0.1) is 0 Å². The van der Waals surface area contributed by atoms with Gasteiger partial charge in [-0.2, -0.15) is 0 Å². The largest absolute Gasteiger partial charge is 3.00 e. The SMILES string of the molecule is [Cr+3].[Cr+3].[Fe+3].[Fe+3].[La+3].[La+3].[O-2].[O-2].[O-2].[O-2].[O-2].[O-2].[O-2].[O-2].[O-2].[O-2].[O-2].[Sr+2].[Sr+2]. The van der Waals surface area contributed by atoms with Crippen molar-refractivity contribution >= 4 is 91.0 Å². The second kappa shape index (κ2) is 293. The third kappa shape index (κ3) is 269. The van der Waals surface area contributed by atoms with Gasteiger partial charge in [0.2, 0.25) is 0 Å². The van der Waals surface area contributed by atoms with Gasteiger partial charge in [-0.15, -0.1) is 0 Å². The van der Waals surface area contributed by atoms with Crippen molar-refractivity contribution in [2.45, 2.75) is 0 Å². The molecule has 19 heteroatoms. The quantitative estimate of drug-likeness (QED) is 0.237. The molecule has 0 rings (SSSR count). The van der Waals surface area contributed by atoms with Crippen LogP contribution in [-0.4, -0.2) is 91.0 Å². The molecule has 0 saturated carbocycles. The van der Waals surface area contributed by atoms with Gasteiger partial charge in [-0.1, -0.05) is 0 Å². The van der Waals surface area contributed by atoms with Crippen LogP contribution in [0, 0.1) is 71.2 Å². The molecule has 0 spiro atoms. The molecule has 0 atom stereocenters. The Kier molecular flexibility index (Phi) is 5100. The number of rotatable bonds is 0.